The lowest BCUT2D eigenvalue weighted by Gasteiger charge is -2.30. The molecule has 2 aromatic rings. The van der Waals surface area contributed by atoms with Crippen LogP contribution in [0.25, 0.3) is 10.4 Å². The molecule has 2 saturated heterocycles. The molecule has 5 heteroatoms. The summed E-state index contributed by atoms with van der Waals surface area (Å²) in [5, 5.41) is 3.21. The number of anilines is 1. The van der Waals surface area contributed by atoms with Crippen molar-refractivity contribution in [2.24, 2.45) is 5.92 Å². The second kappa shape index (κ2) is 5.98. The number of hydrogen-bond acceptors (Lipinski definition) is 4. The zero-order valence-electron chi connectivity index (χ0n) is 13.0. The van der Waals surface area contributed by atoms with Gasteiger partial charge in [0.15, 0.2) is 0 Å². The summed E-state index contributed by atoms with van der Waals surface area (Å²) < 4.78 is 0. The van der Waals surface area contributed by atoms with Gasteiger partial charge in [-0.15, -0.1) is 11.3 Å². The number of nitrogens with one attached hydrogen (secondary N) is 1. The Morgan fingerprint density at radius 3 is 2.91 bits per heavy atom. The summed E-state index contributed by atoms with van der Waals surface area (Å²) in [5.74, 6) is 0.806. The van der Waals surface area contributed by atoms with Crippen LogP contribution in [0.5, 0.6) is 0 Å². The van der Waals surface area contributed by atoms with E-state index in [1.807, 2.05) is 36.4 Å². The van der Waals surface area contributed by atoms with Crippen LogP contribution in [0.2, 0.25) is 0 Å². The Balaban J connectivity index is 1.46. The van der Waals surface area contributed by atoms with E-state index in [9.17, 15) is 4.79 Å². The fraction of sp³-hybridized carbons (Fsp3) is 0.389. The average Bonchev–Trinajstić information content (AvgIpc) is 3.15. The maximum absolute atomic E-state index is 12.5. The number of thiophene rings is 1. The van der Waals surface area contributed by atoms with E-state index in [1.54, 1.807) is 0 Å². The number of para-hydroxylation sites is 1. The number of hydrogen-bond donors (Lipinski definition) is 2. The lowest BCUT2D eigenvalue weighted by Crippen LogP contribution is -2.46. The van der Waals surface area contributed by atoms with Crippen molar-refractivity contribution < 1.29 is 4.79 Å². The number of nitrogens with two attached hydrogens (primary N) is 1. The molecule has 4 rings (SSSR count). The number of carbonyl (C=O) groups is 1. The lowest BCUT2D eigenvalue weighted by molar-refractivity contribution is 0.0913. The first-order valence-electron chi connectivity index (χ1n) is 8.17. The normalized spacial score (nSPS) is 26.2. The average molecular weight is 327 g/mol. The molecule has 0 saturated carbocycles. The fourth-order valence-electron chi connectivity index (χ4n) is 3.75. The fourth-order valence-corrected chi connectivity index (χ4v) is 4.70. The van der Waals surface area contributed by atoms with Gasteiger partial charge in [0.05, 0.1) is 4.88 Å². The van der Waals surface area contributed by atoms with Gasteiger partial charge in [-0.3, -0.25) is 4.79 Å². The molecule has 2 aliphatic rings. The van der Waals surface area contributed by atoms with Gasteiger partial charge in [-0.05, 0) is 43.5 Å². The van der Waals surface area contributed by atoms with Crippen molar-refractivity contribution in [1.82, 2.24) is 10.2 Å². The summed E-state index contributed by atoms with van der Waals surface area (Å²) in [6.07, 6.45) is 2.40. The molecule has 3 N–H and O–H groups in total. The summed E-state index contributed by atoms with van der Waals surface area (Å²) >= 11 is 1.51. The molecule has 23 heavy (non-hydrogen) atoms. The molecule has 3 heterocycles. The maximum Gasteiger partial charge on any atom is 0.261 e. The minimum Gasteiger partial charge on any atom is -0.398 e. The van der Waals surface area contributed by atoms with Gasteiger partial charge in [0.1, 0.15) is 0 Å². The van der Waals surface area contributed by atoms with Crippen LogP contribution >= 0.6 is 11.3 Å². The second-order valence-corrected chi connectivity index (χ2v) is 7.66. The second-order valence-electron chi connectivity index (χ2n) is 6.57. The topological polar surface area (TPSA) is 58.4 Å². The van der Waals surface area contributed by atoms with Crippen LogP contribution in [0.1, 0.15) is 22.5 Å². The number of carbonyl (C=O) groups excluding carboxylic acids is 1. The first-order chi connectivity index (χ1) is 11.2. The van der Waals surface area contributed by atoms with Crippen molar-refractivity contribution >= 4 is 22.9 Å². The summed E-state index contributed by atoms with van der Waals surface area (Å²) in [6, 6.07) is 12.0. The Bertz CT molecular complexity index is 715. The molecule has 120 valence electrons. The van der Waals surface area contributed by atoms with Crippen LogP contribution in [0, 0.1) is 5.92 Å². The van der Waals surface area contributed by atoms with Gasteiger partial charge < -0.3 is 16.0 Å². The zero-order valence-corrected chi connectivity index (χ0v) is 13.8. The van der Waals surface area contributed by atoms with Crippen LogP contribution in [0.3, 0.4) is 0 Å². The lowest BCUT2D eigenvalue weighted by atomic mass is 9.97. The monoisotopic (exact) mass is 327 g/mol. The highest BCUT2D eigenvalue weighted by Crippen LogP contribution is 2.32. The number of benzene rings is 1. The van der Waals surface area contributed by atoms with Crippen molar-refractivity contribution in [3.8, 4) is 10.4 Å². The Morgan fingerprint density at radius 2 is 2.09 bits per heavy atom. The summed E-state index contributed by atoms with van der Waals surface area (Å²) in [4.78, 5) is 16.8. The van der Waals surface area contributed by atoms with Crippen molar-refractivity contribution in [3.05, 3.63) is 41.3 Å². The smallest absolute Gasteiger partial charge is 0.261 e. The number of nitrogens with zero attached hydrogens (tertiary/aromatic N) is 1. The molecular formula is C18H21N3OS. The van der Waals surface area contributed by atoms with Gasteiger partial charge in [0.25, 0.3) is 5.91 Å². The highest BCUT2D eigenvalue weighted by atomic mass is 32.1. The van der Waals surface area contributed by atoms with Crippen LogP contribution < -0.4 is 11.1 Å². The van der Waals surface area contributed by atoms with Gasteiger partial charge in [0, 0.05) is 35.3 Å². The Hall–Kier alpha value is -1.85. The molecule has 0 spiro atoms. The van der Waals surface area contributed by atoms with Crippen LogP contribution in [0.15, 0.2) is 36.4 Å². The van der Waals surface area contributed by atoms with E-state index in [0.717, 1.165) is 39.9 Å². The molecule has 0 radical (unpaired) electrons. The van der Waals surface area contributed by atoms with Gasteiger partial charge in [-0.1, -0.05) is 18.2 Å². The van der Waals surface area contributed by atoms with Crippen LogP contribution in [0.4, 0.5) is 5.69 Å². The quantitative estimate of drug-likeness (QED) is 0.852. The SMILES string of the molecule is Nc1ccccc1-c1ccc(C(=O)N[C@H]2C[C@H]3CCN(C3)C2)s1. The minimum absolute atomic E-state index is 0.0447. The highest BCUT2D eigenvalue weighted by molar-refractivity contribution is 7.17. The molecular weight excluding hydrogens is 306 g/mol. The molecule has 1 amide bonds. The molecule has 1 aromatic carbocycles. The van der Waals surface area contributed by atoms with Gasteiger partial charge in [-0.25, -0.2) is 0 Å². The van der Waals surface area contributed by atoms with Crippen molar-refractivity contribution in [2.45, 2.75) is 18.9 Å². The molecule has 2 fully saturated rings. The largest absolute Gasteiger partial charge is 0.398 e. The van der Waals surface area contributed by atoms with Crippen molar-refractivity contribution in [3.63, 3.8) is 0 Å². The van der Waals surface area contributed by atoms with E-state index in [0.29, 0.717) is 0 Å². The molecule has 0 aliphatic carbocycles. The molecule has 2 bridgehead atoms. The van der Waals surface area contributed by atoms with E-state index in [-0.39, 0.29) is 11.9 Å². The predicted molar refractivity (Wildman–Crippen MR) is 94.6 cm³/mol. The highest BCUT2D eigenvalue weighted by Gasteiger charge is 2.33. The van der Waals surface area contributed by atoms with Crippen LogP contribution in [-0.4, -0.2) is 36.5 Å². The van der Waals surface area contributed by atoms with Gasteiger partial charge >= 0.3 is 0 Å². The van der Waals surface area contributed by atoms with E-state index >= 15 is 0 Å². The van der Waals surface area contributed by atoms with Gasteiger partial charge in [0.2, 0.25) is 0 Å². The third-order valence-electron chi connectivity index (χ3n) is 4.86. The number of amides is 1. The Kier molecular flexibility index (Phi) is 3.83. The third-order valence-corrected chi connectivity index (χ3v) is 5.97. The summed E-state index contributed by atoms with van der Waals surface area (Å²) in [5.41, 5.74) is 7.77. The Labute approximate surface area is 140 Å². The van der Waals surface area contributed by atoms with E-state index < -0.39 is 0 Å². The predicted octanol–water partition coefficient (Wildman–Crippen LogP) is 2.82. The van der Waals surface area contributed by atoms with E-state index in [2.05, 4.69) is 10.2 Å². The first kappa shape index (κ1) is 14.7. The number of fused-ring (bicyclic) bond motifs is 2. The molecule has 1 unspecified atom stereocenters. The summed E-state index contributed by atoms with van der Waals surface area (Å²) in [7, 11) is 0. The number of rotatable bonds is 3. The van der Waals surface area contributed by atoms with Crippen molar-refractivity contribution in [1.29, 1.82) is 0 Å². The minimum atomic E-state index is 0.0447. The van der Waals surface area contributed by atoms with E-state index in [1.165, 1.54) is 30.8 Å². The number of nitrogen functional groups attached to an aromatic ring is 1. The molecule has 4 nitrogen and oxygen atoms in total. The molecule has 2 aliphatic heterocycles. The molecule has 1 aromatic heterocycles. The van der Waals surface area contributed by atoms with Crippen LogP contribution in [-0.2, 0) is 0 Å². The maximum atomic E-state index is 12.5. The summed E-state index contributed by atoms with van der Waals surface area (Å²) in [6.45, 7) is 3.39. The third kappa shape index (κ3) is 2.99. The number of piperidine rings is 1. The zero-order chi connectivity index (χ0) is 15.8. The first-order valence-corrected chi connectivity index (χ1v) is 8.98. The van der Waals surface area contributed by atoms with Crippen molar-refractivity contribution in [2.75, 3.05) is 25.4 Å². The standard InChI is InChI=1S/C18H21N3OS/c19-15-4-2-1-3-14(15)16-5-6-17(23-16)18(22)20-13-9-12-7-8-21(10-12)11-13/h1-6,12-13H,7-11,19H2,(H,20,22)/t12-,13+/m1/s1. The van der Waals surface area contributed by atoms with Gasteiger partial charge in [-0.2, -0.15) is 0 Å². The molecule has 3 atom stereocenters. The van der Waals surface area contributed by atoms with E-state index in [4.69, 9.17) is 5.73 Å². The Morgan fingerprint density at radius 1 is 1.22 bits per heavy atom.